The van der Waals surface area contributed by atoms with Crippen LogP contribution in [0.4, 0.5) is 0 Å². The van der Waals surface area contributed by atoms with Gasteiger partial charge < -0.3 is 13.9 Å². The molecule has 7 heteroatoms. The summed E-state index contributed by atoms with van der Waals surface area (Å²) in [5.41, 5.74) is 3.86. The van der Waals surface area contributed by atoms with Gasteiger partial charge in [-0.15, -0.1) is 11.3 Å². The molecule has 0 aliphatic rings. The predicted octanol–water partition coefficient (Wildman–Crippen LogP) is 5.46. The van der Waals surface area contributed by atoms with Crippen molar-refractivity contribution in [1.29, 1.82) is 0 Å². The first kappa shape index (κ1) is 20.8. The minimum Gasteiger partial charge on any atom is -0.497 e. The van der Waals surface area contributed by atoms with Crippen molar-refractivity contribution in [1.82, 2.24) is 9.97 Å². The number of hydrogen-bond acceptors (Lipinski definition) is 7. The summed E-state index contributed by atoms with van der Waals surface area (Å²) in [7, 11) is 1.63. The highest BCUT2D eigenvalue weighted by molar-refractivity contribution is 7.13. The van der Waals surface area contributed by atoms with Crippen LogP contribution in [-0.4, -0.2) is 23.0 Å². The van der Waals surface area contributed by atoms with Gasteiger partial charge in [0.25, 0.3) is 0 Å². The molecule has 6 nitrogen and oxygen atoms in total. The quantitative estimate of drug-likeness (QED) is 0.343. The Labute approximate surface area is 184 Å². The summed E-state index contributed by atoms with van der Waals surface area (Å²) in [4.78, 5) is 20.9. The van der Waals surface area contributed by atoms with Gasteiger partial charge in [0.05, 0.1) is 25.4 Å². The number of hydrogen-bond donors (Lipinski definition) is 0. The second-order valence-corrected chi connectivity index (χ2v) is 7.88. The van der Waals surface area contributed by atoms with Crippen molar-refractivity contribution in [2.75, 3.05) is 7.11 Å². The summed E-state index contributed by atoms with van der Waals surface area (Å²) >= 11 is 1.51. The van der Waals surface area contributed by atoms with E-state index in [1.807, 2.05) is 60.8 Å². The van der Waals surface area contributed by atoms with Crippen LogP contribution in [0, 0.1) is 6.92 Å². The first-order valence-corrected chi connectivity index (χ1v) is 10.7. The zero-order valence-electron chi connectivity index (χ0n) is 17.3. The minimum atomic E-state index is -0.311. The van der Waals surface area contributed by atoms with E-state index in [0.717, 1.165) is 27.6 Å². The Kier molecular flexibility index (Phi) is 6.43. The Balaban J connectivity index is 1.26. The van der Waals surface area contributed by atoms with Crippen molar-refractivity contribution >= 4 is 17.3 Å². The number of carbonyl (C=O) groups is 1. The van der Waals surface area contributed by atoms with E-state index >= 15 is 0 Å². The second-order valence-electron chi connectivity index (χ2n) is 7.02. The number of aromatic nitrogens is 2. The molecule has 0 atom stereocenters. The molecule has 2 heterocycles. The van der Waals surface area contributed by atoms with Crippen LogP contribution in [-0.2, 0) is 22.6 Å². The molecular formula is C24H22N2O4S. The van der Waals surface area contributed by atoms with E-state index in [9.17, 15) is 4.79 Å². The van der Waals surface area contributed by atoms with E-state index in [4.69, 9.17) is 13.9 Å². The molecule has 0 saturated carbocycles. The topological polar surface area (TPSA) is 74.5 Å². The molecule has 0 amide bonds. The normalized spacial score (nSPS) is 10.8. The van der Waals surface area contributed by atoms with Gasteiger partial charge in [0.1, 0.15) is 17.4 Å². The SMILES string of the molecule is COc1ccc(-c2nc(COC(=O)CCc3ncc(-c4ccc(C)cc4)o3)cs2)cc1. The third-order valence-corrected chi connectivity index (χ3v) is 5.64. The first-order valence-electron chi connectivity index (χ1n) is 9.87. The number of rotatable bonds is 8. The number of thiazole rings is 1. The molecule has 0 aliphatic carbocycles. The third kappa shape index (κ3) is 5.38. The van der Waals surface area contributed by atoms with Gasteiger partial charge in [-0.3, -0.25) is 4.79 Å². The lowest BCUT2D eigenvalue weighted by Crippen LogP contribution is -2.06. The van der Waals surface area contributed by atoms with Crippen molar-refractivity contribution in [3.8, 4) is 27.6 Å². The Hall–Kier alpha value is -3.45. The summed E-state index contributed by atoms with van der Waals surface area (Å²) in [6, 6.07) is 15.7. The average molecular weight is 435 g/mol. The van der Waals surface area contributed by atoms with E-state index in [2.05, 4.69) is 9.97 Å². The molecule has 0 spiro atoms. The summed E-state index contributed by atoms with van der Waals surface area (Å²) in [6.45, 7) is 2.18. The summed E-state index contributed by atoms with van der Waals surface area (Å²) < 4.78 is 16.3. The van der Waals surface area contributed by atoms with Gasteiger partial charge in [-0.2, -0.15) is 0 Å². The summed E-state index contributed by atoms with van der Waals surface area (Å²) in [6.07, 6.45) is 2.27. The van der Waals surface area contributed by atoms with E-state index in [0.29, 0.717) is 18.1 Å². The van der Waals surface area contributed by atoms with E-state index < -0.39 is 0 Å². The maximum absolute atomic E-state index is 12.1. The monoisotopic (exact) mass is 434 g/mol. The Bertz CT molecular complexity index is 1150. The lowest BCUT2D eigenvalue weighted by Gasteiger charge is -2.02. The lowest BCUT2D eigenvalue weighted by atomic mass is 10.1. The van der Waals surface area contributed by atoms with Crippen LogP contribution < -0.4 is 4.74 Å². The molecular weight excluding hydrogens is 412 g/mol. The summed E-state index contributed by atoms with van der Waals surface area (Å²) in [5, 5.41) is 2.77. The van der Waals surface area contributed by atoms with Gasteiger partial charge in [-0.05, 0) is 31.2 Å². The van der Waals surface area contributed by atoms with Crippen molar-refractivity contribution in [2.24, 2.45) is 0 Å². The minimum absolute atomic E-state index is 0.145. The molecule has 31 heavy (non-hydrogen) atoms. The molecule has 4 rings (SSSR count). The lowest BCUT2D eigenvalue weighted by molar-refractivity contribution is -0.145. The smallest absolute Gasteiger partial charge is 0.306 e. The van der Waals surface area contributed by atoms with Gasteiger partial charge in [-0.25, -0.2) is 9.97 Å². The van der Waals surface area contributed by atoms with Crippen LogP contribution in [0.15, 0.2) is 64.5 Å². The van der Waals surface area contributed by atoms with Crippen LogP contribution in [0.25, 0.3) is 21.9 Å². The van der Waals surface area contributed by atoms with Crippen LogP contribution in [0.5, 0.6) is 5.75 Å². The third-order valence-electron chi connectivity index (χ3n) is 4.70. The van der Waals surface area contributed by atoms with Gasteiger partial charge in [0.15, 0.2) is 11.7 Å². The fraction of sp³-hybridized carbons (Fsp3) is 0.208. The highest BCUT2D eigenvalue weighted by atomic mass is 32.1. The van der Waals surface area contributed by atoms with Crippen LogP contribution in [0.1, 0.15) is 23.6 Å². The molecule has 0 N–H and O–H groups in total. The average Bonchev–Trinajstić information content (AvgIpc) is 3.47. The van der Waals surface area contributed by atoms with Gasteiger partial charge in [0.2, 0.25) is 0 Å². The molecule has 0 saturated heterocycles. The number of nitrogens with zero attached hydrogens (tertiary/aromatic N) is 2. The Morgan fingerprint density at radius 1 is 1.06 bits per heavy atom. The fourth-order valence-corrected chi connectivity index (χ4v) is 3.76. The second kappa shape index (κ2) is 9.57. The number of benzene rings is 2. The fourth-order valence-electron chi connectivity index (χ4n) is 2.95. The Morgan fingerprint density at radius 2 is 1.81 bits per heavy atom. The number of methoxy groups -OCH3 is 1. The zero-order chi connectivity index (χ0) is 21.6. The molecule has 0 fully saturated rings. The molecule has 2 aromatic carbocycles. The molecule has 158 valence electrons. The molecule has 0 aliphatic heterocycles. The van der Waals surface area contributed by atoms with Crippen LogP contribution in [0.2, 0.25) is 0 Å². The standard InChI is InChI=1S/C24H22N2O4S/c1-16-3-5-17(6-4-16)21-13-25-22(30-21)11-12-23(27)29-14-19-15-31-24(26-19)18-7-9-20(28-2)10-8-18/h3-10,13,15H,11-12,14H2,1-2H3. The number of carbonyl (C=O) groups excluding carboxylic acids is 1. The van der Waals surface area contributed by atoms with E-state index in [-0.39, 0.29) is 19.0 Å². The highest BCUT2D eigenvalue weighted by Crippen LogP contribution is 2.26. The number of aryl methyl sites for hydroxylation is 2. The van der Waals surface area contributed by atoms with E-state index in [1.165, 1.54) is 16.9 Å². The zero-order valence-corrected chi connectivity index (χ0v) is 18.1. The predicted molar refractivity (Wildman–Crippen MR) is 119 cm³/mol. The number of esters is 1. The van der Waals surface area contributed by atoms with Crippen LogP contribution in [0.3, 0.4) is 0 Å². The van der Waals surface area contributed by atoms with Gasteiger partial charge >= 0.3 is 5.97 Å². The van der Waals surface area contributed by atoms with Crippen molar-refractivity contribution in [3.05, 3.63) is 77.3 Å². The molecule has 4 aromatic rings. The molecule has 0 unspecified atom stereocenters. The summed E-state index contributed by atoms with van der Waals surface area (Å²) in [5.74, 6) is 1.69. The number of oxazole rings is 1. The Morgan fingerprint density at radius 3 is 2.55 bits per heavy atom. The highest BCUT2D eigenvalue weighted by Gasteiger charge is 2.11. The maximum Gasteiger partial charge on any atom is 0.306 e. The number of ether oxygens (including phenoxy) is 2. The van der Waals surface area contributed by atoms with Gasteiger partial charge in [-0.1, -0.05) is 29.8 Å². The largest absolute Gasteiger partial charge is 0.497 e. The maximum atomic E-state index is 12.1. The van der Waals surface area contributed by atoms with Crippen molar-refractivity contribution in [3.63, 3.8) is 0 Å². The van der Waals surface area contributed by atoms with Crippen molar-refractivity contribution in [2.45, 2.75) is 26.4 Å². The molecule has 2 aromatic heterocycles. The van der Waals surface area contributed by atoms with Crippen molar-refractivity contribution < 1.29 is 18.7 Å². The molecule has 0 bridgehead atoms. The van der Waals surface area contributed by atoms with Crippen LogP contribution >= 0.6 is 11.3 Å². The molecule has 0 radical (unpaired) electrons. The van der Waals surface area contributed by atoms with E-state index in [1.54, 1.807) is 13.3 Å². The first-order chi connectivity index (χ1) is 15.1. The van der Waals surface area contributed by atoms with Gasteiger partial charge in [0, 0.05) is 22.9 Å².